The molecule has 1 atom stereocenters. The van der Waals surface area contributed by atoms with Gasteiger partial charge in [0.2, 0.25) is 11.8 Å². The Kier molecular flexibility index (Phi) is 6.84. The lowest BCUT2D eigenvalue weighted by molar-refractivity contribution is -0.141. The lowest BCUT2D eigenvalue weighted by atomic mass is 9.82. The van der Waals surface area contributed by atoms with Crippen LogP contribution in [-0.2, 0) is 16.1 Å². The molecule has 34 heavy (non-hydrogen) atoms. The quantitative estimate of drug-likeness (QED) is 0.534. The van der Waals surface area contributed by atoms with Gasteiger partial charge in [0.15, 0.2) is 0 Å². The minimum Gasteiger partial charge on any atom is -0.478 e. The molecule has 2 amide bonds. The minimum atomic E-state index is -1.14. The smallest absolute Gasteiger partial charge is 0.338 e. The number of rotatable bonds is 4. The number of nitriles is 1. The number of carboxylic acid groups (broad SMARTS) is 1. The van der Waals surface area contributed by atoms with E-state index in [1.807, 2.05) is 19.9 Å². The number of fused-ring (bicyclic) bond motifs is 1. The monoisotopic (exact) mass is 478 g/mol. The number of hydrogen-bond acceptors (Lipinski definition) is 7. The first-order chi connectivity index (χ1) is 16.1. The molecule has 0 spiro atoms. The van der Waals surface area contributed by atoms with Crippen LogP contribution in [0.25, 0.3) is 21.3 Å². The second-order valence-electron chi connectivity index (χ2n) is 8.39. The number of aryl methyl sites for hydroxylation is 1. The van der Waals surface area contributed by atoms with Gasteiger partial charge in [0.1, 0.15) is 11.8 Å². The highest BCUT2D eigenvalue weighted by Gasteiger charge is 2.51. The van der Waals surface area contributed by atoms with Crippen LogP contribution in [0.15, 0.2) is 24.4 Å². The van der Waals surface area contributed by atoms with Gasteiger partial charge in [0.05, 0.1) is 33.4 Å². The number of carbonyl (C=O) groups excluding carboxylic acids is 2. The van der Waals surface area contributed by atoms with E-state index in [-0.39, 0.29) is 35.3 Å². The summed E-state index contributed by atoms with van der Waals surface area (Å²) in [6.07, 6.45) is 1.57. The molecule has 176 valence electrons. The zero-order chi connectivity index (χ0) is 25.4. The predicted molar refractivity (Wildman–Crippen MR) is 129 cm³/mol. The molecule has 0 bridgehead atoms. The molecule has 1 unspecified atom stereocenters. The first-order valence-corrected chi connectivity index (χ1v) is 11.8. The van der Waals surface area contributed by atoms with Crippen LogP contribution in [0.4, 0.5) is 0 Å². The van der Waals surface area contributed by atoms with Crippen LogP contribution in [0.5, 0.6) is 0 Å². The van der Waals surface area contributed by atoms with E-state index in [2.05, 4.69) is 9.97 Å². The van der Waals surface area contributed by atoms with Crippen molar-refractivity contribution in [1.82, 2.24) is 14.9 Å². The predicted octanol–water partition coefficient (Wildman–Crippen LogP) is 4.79. The zero-order valence-electron chi connectivity index (χ0n) is 20.0. The number of aromatic nitrogens is 2. The molecule has 4 rings (SSSR count). The fourth-order valence-corrected chi connectivity index (χ4v) is 5.10. The van der Waals surface area contributed by atoms with Crippen LogP contribution in [-0.4, -0.2) is 37.8 Å². The van der Waals surface area contributed by atoms with Crippen LogP contribution in [0.3, 0.4) is 0 Å². The van der Waals surface area contributed by atoms with Gasteiger partial charge in [-0.05, 0) is 25.1 Å². The Labute approximate surface area is 201 Å². The number of carbonyl (C=O) groups is 3. The normalized spacial score (nSPS) is 16.9. The van der Waals surface area contributed by atoms with E-state index in [0.717, 1.165) is 4.88 Å². The Morgan fingerprint density at radius 1 is 1.26 bits per heavy atom. The van der Waals surface area contributed by atoms with Crippen molar-refractivity contribution in [3.8, 4) is 17.2 Å². The fraction of sp³-hybridized carbons (Fsp3) is 0.360. The molecule has 0 aliphatic carbocycles. The molecule has 8 nitrogen and oxygen atoms in total. The SMILES string of the molecule is CC.Cc1nc(C#N)cc(-c2ccnc3cc(CN4C(=O)C(C)C(C)(C)C4=O)sc23)c1C(=O)O. The van der Waals surface area contributed by atoms with E-state index in [0.29, 0.717) is 21.3 Å². The molecule has 0 saturated carbocycles. The first-order valence-electron chi connectivity index (χ1n) is 10.9. The summed E-state index contributed by atoms with van der Waals surface area (Å²) in [6.45, 7) is 11.0. The van der Waals surface area contributed by atoms with Crippen LogP contribution < -0.4 is 0 Å². The molecule has 3 aromatic rings. The van der Waals surface area contributed by atoms with Gasteiger partial charge in [-0.15, -0.1) is 11.3 Å². The van der Waals surface area contributed by atoms with E-state index >= 15 is 0 Å². The van der Waals surface area contributed by atoms with Crippen molar-refractivity contribution in [2.45, 2.75) is 48.1 Å². The van der Waals surface area contributed by atoms with Crippen molar-refractivity contribution in [2.24, 2.45) is 11.3 Å². The number of hydrogen-bond donors (Lipinski definition) is 1. The number of thiophene rings is 1. The van der Waals surface area contributed by atoms with Crippen molar-refractivity contribution in [3.05, 3.63) is 46.2 Å². The summed E-state index contributed by atoms with van der Waals surface area (Å²) in [7, 11) is 0. The third-order valence-corrected chi connectivity index (χ3v) is 7.25. The topological polar surface area (TPSA) is 124 Å². The highest BCUT2D eigenvalue weighted by Crippen LogP contribution is 2.40. The number of likely N-dealkylation sites (tertiary alicyclic amines) is 1. The highest BCUT2D eigenvalue weighted by molar-refractivity contribution is 7.19. The molecule has 4 heterocycles. The van der Waals surface area contributed by atoms with E-state index in [9.17, 15) is 24.8 Å². The standard InChI is InChI=1S/C23H20N4O4S.C2H6/c1-11-20(28)27(22(31)23(11,3)4)10-14-8-17-19(32-14)15(5-6-25-17)16-7-13(9-24)26-12(2)18(16)21(29)30;1-2/h5-8,11H,10H2,1-4H3,(H,29,30);1-2H3. The molecule has 1 N–H and O–H groups in total. The van der Waals surface area contributed by atoms with Crippen molar-refractivity contribution in [1.29, 1.82) is 5.26 Å². The summed E-state index contributed by atoms with van der Waals surface area (Å²) in [6, 6.07) is 6.93. The molecule has 1 aliphatic heterocycles. The fourth-order valence-electron chi connectivity index (χ4n) is 3.97. The highest BCUT2D eigenvalue weighted by atomic mass is 32.1. The number of nitrogens with zero attached hydrogens (tertiary/aromatic N) is 4. The van der Waals surface area contributed by atoms with E-state index in [4.69, 9.17) is 0 Å². The maximum Gasteiger partial charge on any atom is 0.338 e. The first kappa shape index (κ1) is 25.0. The average molecular weight is 479 g/mol. The molecule has 1 saturated heterocycles. The van der Waals surface area contributed by atoms with Crippen molar-refractivity contribution in [2.75, 3.05) is 0 Å². The number of imide groups is 1. The van der Waals surface area contributed by atoms with Crippen LogP contribution in [0.1, 0.15) is 61.2 Å². The molecular weight excluding hydrogens is 452 g/mol. The van der Waals surface area contributed by atoms with Crippen LogP contribution in [0, 0.1) is 29.6 Å². The van der Waals surface area contributed by atoms with Gasteiger partial charge < -0.3 is 5.11 Å². The van der Waals surface area contributed by atoms with Gasteiger partial charge in [0.25, 0.3) is 0 Å². The lowest BCUT2D eigenvalue weighted by Gasteiger charge is -2.18. The van der Waals surface area contributed by atoms with Gasteiger partial charge in [-0.25, -0.2) is 9.78 Å². The minimum absolute atomic E-state index is 0.0203. The van der Waals surface area contributed by atoms with Crippen molar-refractivity contribution < 1.29 is 19.5 Å². The largest absolute Gasteiger partial charge is 0.478 e. The maximum absolute atomic E-state index is 12.8. The van der Waals surface area contributed by atoms with Crippen LogP contribution in [0.2, 0.25) is 0 Å². The molecule has 0 radical (unpaired) electrons. The molecule has 3 aromatic heterocycles. The van der Waals surface area contributed by atoms with Gasteiger partial charge >= 0.3 is 5.97 Å². The summed E-state index contributed by atoms with van der Waals surface area (Å²) in [5.74, 6) is -1.96. The number of amides is 2. The number of aromatic carboxylic acids is 1. The lowest BCUT2D eigenvalue weighted by Crippen LogP contribution is -2.32. The average Bonchev–Trinajstić information content (AvgIpc) is 3.29. The molecular formula is C25H26N4O4S. The zero-order valence-corrected chi connectivity index (χ0v) is 20.8. The molecule has 0 aromatic carbocycles. The Hall–Kier alpha value is -3.64. The second-order valence-corrected chi connectivity index (χ2v) is 9.53. The summed E-state index contributed by atoms with van der Waals surface area (Å²) in [5.41, 5.74) is 1.25. The van der Waals surface area contributed by atoms with E-state index in [1.54, 1.807) is 46.0 Å². The van der Waals surface area contributed by atoms with E-state index in [1.165, 1.54) is 22.3 Å². The molecule has 1 aliphatic rings. The van der Waals surface area contributed by atoms with Crippen molar-refractivity contribution >= 4 is 39.3 Å². The van der Waals surface area contributed by atoms with Gasteiger partial charge in [0, 0.05) is 28.1 Å². The molecule has 9 heteroatoms. The Bertz CT molecular complexity index is 1350. The summed E-state index contributed by atoms with van der Waals surface area (Å²) >= 11 is 1.35. The Morgan fingerprint density at radius 3 is 2.50 bits per heavy atom. The third-order valence-electron chi connectivity index (χ3n) is 6.11. The summed E-state index contributed by atoms with van der Waals surface area (Å²) in [4.78, 5) is 47.8. The number of pyridine rings is 2. The third kappa shape index (κ3) is 4.05. The van der Waals surface area contributed by atoms with E-state index < -0.39 is 17.3 Å². The number of carboxylic acids is 1. The van der Waals surface area contributed by atoms with Crippen molar-refractivity contribution in [3.63, 3.8) is 0 Å². The van der Waals surface area contributed by atoms with Gasteiger partial charge in [-0.1, -0.05) is 34.6 Å². The van der Waals surface area contributed by atoms with Crippen LogP contribution >= 0.6 is 11.3 Å². The molecule has 1 fully saturated rings. The summed E-state index contributed by atoms with van der Waals surface area (Å²) in [5, 5.41) is 19.1. The summed E-state index contributed by atoms with van der Waals surface area (Å²) < 4.78 is 0.714. The Balaban J connectivity index is 0.00000158. The second kappa shape index (κ2) is 9.31. The Morgan fingerprint density at radius 2 is 1.94 bits per heavy atom. The van der Waals surface area contributed by atoms with Gasteiger partial charge in [-0.3, -0.25) is 19.5 Å². The maximum atomic E-state index is 12.8. The van der Waals surface area contributed by atoms with Gasteiger partial charge in [-0.2, -0.15) is 5.26 Å².